The molecule has 19 heavy (non-hydrogen) atoms. The van der Waals surface area contributed by atoms with Gasteiger partial charge in [0.25, 0.3) is 0 Å². The summed E-state index contributed by atoms with van der Waals surface area (Å²) in [6.07, 6.45) is 2.34. The summed E-state index contributed by atoms with van der Waals surface area (Å²) in [5, 5.41) is 0.680. The molecule has 0 N–H and O–H groups in total. The minimum Gasteiger partial charge on any atom is -0.298 e. The smallest absolute Gasteiger partial charge is 0.147 e. The number of halogens is 1. The predicted molar refractivity (Wildman–Crippen MR) is 77.5 cm³/mol. The summed E-state index contributed by atoms with van der Waals surface area (Å²) >= 11 is 6.13. The van der Waals surface area contributed by atoms with Crippen molar-refractivity contribution >= 4 is 17.4 Å². The van der Waals surface area contributed by atoms with E-state index in [9.17, 15) is 4.79 Å². The standard InChI is InChI=1S/C17H15ClO/c18-15-9-5-4-6-13(15)12-16(19)17(10-11-17)14-7-2-1-3-8-14/h1-9H,10-12H2. The third-order valence-corrected chi connectivity index (χ3v) is 4.29. The zero-order valence-electron chi connectivity index (χ0n) is 10.6. The molecule has 3 rings (SSSR count). The molecular weight excluding hydrogens is 256 g/mol. The molecule has 0 amide bonds. The van der Waals surface area contributed by atoms with Gasteiger partial charge in [-0.05, 0) is 30.0 Å². The Labute approximate surface area is 118 Å². The summed E-state index contributed by atoms with van der Waals surface area (Å²) in [5.41, 5.74) is 1.82. The molecule has 0 aliphatic heterocycles. The molecule has 1 nitrogen and oxygen atoms in total. The van der Waals surface area contributed by atoms with E-state index in [2.05, 4.69) is 12.1 Å². The number of hydrogen-bond acceptors (Lipinski definition) is 1. The van der Waals surface area contributed by atoms with Gasteiger partial charge in [0, 0.05) is 11.4 Å². The Balaban J connectivity index is 1.84. The van der Waals surface area contributed by atoms with Gasteiger partial charge in [0.2, 0.25) is 0 Å². The Morgan fingerprint density at radius 1 is 1.00 bits per heavy atom. The quantitative estimate of drug-likeness (QED) is 0.814. The van der Waals surface area contributed by atoms with E-state index >= 15 is 0 Å². The van der Waals surface area contributed by atoms with Crippen molar-refractivity contribution in [2.75, 3.05) is 0 Å². The maximum absolute atomic E-state index is 12.6. The highest BCUT2D eigenvalue weighted by atomic mass is 35.5. The molecule has 0 aromatic heterocycles. The van der Waals surface area contributed by atoms with E-state index in [1.54, 1.807) is 0 Å². The first kappa shape index (κ1) is 12.4. The van der Waals surface area contributed by atoms with Crippen LogP contribution in [0.2, 0.25) is 5.02 Å². The van der Waals surface area contributed by atoms with Crippen LogP contribution in [0.4, 0.5) is 0 Å². The van der Waals surface area contributed by atoms with Crippen molar-refractivity contribution < 1.29 is 4.79 Å². The fourth-order valence-electron chi connectivity index (χ4n) is 2.59. The summed E-state index contributed by atoms with van der Waals surface area (Å²) in [6, 6.07) is 17.7. The van der Waals surface area contributed by atoms with Crippen LogP contribution in [0.1, 0.15) is 24.0 Å². The summed E-state index contributed by atoms with van der Waals surface area (Å²) in [4.78, 5) is 12.6. The molecule has 0 radical (unpaired) electrons. The average molecular weight is 271 g/mol. The van der Waals surface area contributed by atoms with Crippen LogP contribution in [0.25, 0.3) is 0 Å². The fraction of sp³-hybridized carbons (Fsp3) is 0.235. The van der Waals surface area contributed by atoms with Crippen molar-refractivity contribution in [2.45, 2.75) is 24.7 Å². The van der Waals surface area contributed by atoms with Gasteiger partial charge in [-0.2, -0.15) is 0 Å². The maximum Gasteiger partial charge on any atom is 0.147 e. The lowest BCUT2D eigenvalue weighted by molar-refractivity contribution is -0.120. The van der Waals surface area contributed by atoms with Gasteiger partial charge in [-0.3, -0.25) is 4.79 Å². The number of carbonyl (C=O) groups is 1. The Morgan fingerprint density at radius 3 is 2.26 bits per heavy atom. The van der Waals surface area contributed by atoms with Crippen LogP contribution < -0.4 is 0 Å². The van der Waals surface area contributed by atoms with Crippen LogP contribution in [-0.4, -0.2) is 5.78 Å². The zero-order valence-corrected chi connectivity index (χ0v) is 11.4. The first-order valence-electron chi connectivity index (χ1n) is 6.55. The monoisotopic (exact) mass is 270 g/mol. The molecule has 0 atom stereocenters. The van der Waals surface area contributed by atoms with E-state index in [1.807, 2.05) is 42.5 Å². The molecule has 0 spiro atoms. The van der Waals surface area contributed by atoms with Crippen LogP contribution in [0, 0.1) is 0 Å². The van der Waals surface area contributed by atoms with Gasteiger partial charge in [0.05, 0.1) is 5.41 Å². The van der Waals surface area contributed by atoms with Crippen molar-refractivity contribution in [1.82, 2.24) is 0 Å². The number of hydrogen-bond donors (Lipinski definition) is 0. The van der Waals surface area contributed by atoms with E-state index in [4.69, 9.17) is 11.6 Å². The lowest BCUT2D eigenvalue weighted by Gasteiger charge is -2.15. The Kier molecular flexibility index (Phi) is 3.16. The number of benzene rings is 2. The molecule has 1 aliphatic rings. The van der Waals surface area contributed by atoms with Gasteiger partial charge in [-0.15, -0.1) is 0 Å². The molecule has 1 fully saturated rings. The van der Waals surface area contributed by atoms with E-state index in [-0.39, 0.29) is 11.2 Å². The van der Waals surface area contributed by atoms with E-state index < -0.39 is 0 Å². The van der Waals surface area contributed by atoms with Gasteiger partial charge in [-0.25, -0.2) is 0 Å². The molecule has 0 bridgehead atoms. The lowest BCUT2D eigenvalue weighted by Crippen LogP contribution is -2.22. The highest BCUT2D eigenvalue weighted by Crippen LogP contribution is 2.49. The van der Waals surface area contributed by atoms with Gasteiger partial charge in [-0.1, -0.05) is 60.1 Å². The predicted octanol–water partition coefficient (Wildman–Crippen LogP) is 4.18. The van der Waals surface area contributed by atoms with Crippen molar-refractivity contribution in [1.29, 1.82) is 0 Å². The van der Waals surface area contributed by atoms with Crippen LogP contribution in [0.5, 0.6) is 0 Å². The SMILES string of the molecule is O=C(Cc1ccccc1Cl)C1(c2ccccc2)CC1. The zero-order chi connectivity index (χ0) is 13.3. The molecule has 1 saturated carbocycles. The third kappa shape index (κ3) is 2.31. The molecule has 0 heterocycles. The minimum absolute atomic E-state index is 0.250. The molecule has 0 saturated heterocycles. The number of ketones is 1. The maximum atomic E-state index is 12.6. The molecular formula is C17H15ClO. The Bertz CT molecular complexity index is 600. The van der Waals surface area contributed by atoms with Crippen molar-refractivity contribution in [3.8, 4) is 0 Å². The van der Waals surface area contributed by atoms with Crippen LogP contribution in [0.15, 0.2) is 54.6 Å². The minimum atomic E-state index is -0.250. The van der Waals surface area contributed by atoms with Gasteiger partial charge >= 0.3 is 0 Å². The number of Topliss-reactive ketones (excluding diaryl/α,β-unsaturated/α-hetero) is 1. The van der Waals surface area contributed by atoms with E-state index in [0.29, 0.717) is 11.4 Å². The highest BCUT2D eigenvalue weighted by Gasteiger charge is 2.50. The fourth-order valence-corrected chi connectivity index (χ4v) is 2.80. The van der Waals surface area contributed by atoms with Crippen LogP contribution in [-0.2, 0) is 16.6 Å². The largest absolute Gasteiger partial charge is 0.298 e. The topological polar surface area (TPSA) is 17.1 Å². The van der Waals surface area contributed by atoms with E-state index in [0.717, 1.165) is 24.0 Å². The molecule has 2 aromatic carbocycles. The first-order chi connectivity index (χ1) is 9.22. The molecule has 0 unspecified atom stereocenters. The van der Waals surface area contributed by atoms with Gasteiger partial charge < -0.3 is 0 Å². The second-order valence-electron chi connectivity index (χ2n) is 5.14. The highest BCUT2D eigenvalue weighted by molar-refractivity contribution is 6.31. The average Bonchev–Trinajstić information content (AvgIpc) is 3.24. The van der Waals surface area contributed by atoms with Crippen LogP contribution >= 0.6 is 11.6 Å². The molecule has 96 valence electrons. The Hall–Kier alpha value is -1.60. The summed E-state index contributed by atoms with van der Waals surface area (Å²) in [6.45, 7) is 0. The second kappa shape index (κ2) is 4.82. The number of carbonyl (C=O) groups excluding carboxylic acids is 1. The van der Waals surface area contributed by atoms with Crippen molar-refractivity contribution in [3.63, 3.8) is 0 Å². The molecule has 1 aliphatic carbocycles. The van der Waals surface area contributed by atoms with Gasteiger partial charge in [0.15, 0.2) is 0 Å². The molecule has 2 aromatic rings. The normalized spacial score (nSPS) is 16.1. The summed E-state index contributed by atoms with van der Waals surface area (Å²) < 4.78 is 0. The summed E-state index contributed by atoms with van der Waals surface area (Å²) in [7, 11) is 0. The first-order valence-corrected chi connectivity index (χ1v) is 6.92. The van der Waals surface area contributed by atoms with Crippen molar-refractivity contribution in [2.24, 2.45) is 0 Å². The van der Waals surface area contributed by atoms with Gasteiger partial charge in [0.1, 0.15) is 5.78 Å². The van der Waals surface area contributed by atoms with E-state index in [1.165, 1.54) is 0 Å². The number of rotatable bonds is 4. The Morgan fingerprint density at radius 2 is 1.63 bits per heavy atom. The molecule has 2 heteroatoms. The van der Waals surface area contributed by atoms with Crippen molar-refractivity contribution in [3.05, 3.63) is 70.7 Å². The summed E-state index contributed by atoms with van der Waals surface area (Å²) in [5.74, 6) is 0.284. The third-order valence-electron chi connectivity index (χ3n) is 3.92. The van der Waals surface area contributed by atoms with Crippen LogP contribution in [0.3, 0.4) is 0 Å². The lowest BCUT2D eigenvalue weighted by atomic mass is 9.88. The second-order valence-corrected chi connectivity index (χ2v) is 5.55.